The second-order valence-electron chi connectivity index (χ2n) is 6.94. The number of phenolic OH excluding ortho intramolecular Hbond substituents is 1. The molecule has 4 N–H and O–H groups in total. The Balaban J connectivity index is 0.000000573. The molecule has 0 spiro atoms. The summed E-state index contributed by atoms with van der Waals surface area (Å²) in [7, 11) is 1.77. The van der Waals surface area contributed by atoms with Crippen molar-refractivity contribution in [3.05, 3.63) is 59.2 Å². The number of carbonyl (C=O) groups excluding carboxylic acids is 1. The largest absolute Gasteiger partial charge is 0.508 e. The summed E-state index contributed by atoms with van der Waals surface area (Å²) in [6.45, 7) is 10.9. The number of aryl methyl sites for hydroxylation is 2. The van der Waals surface area contributed by atoms with E-state index in [9.17, 15) is 9.90 Å². The van der Waals surface area contributed by atoms with Crippen molar-refractivity contribution < 1.29 is 15.0 Å². The molecule has 0 unspecified atom stereocenters. The van der Waals surface area contributed by atoms with Crippen LogP contribution in [-0.2, 0) is 4.79 Å². The lowest BCUT2D eigenvalue weighted by molar-refractivity contribution is -0.117. The molecule has 2 aromatic carbocycles. The lowest BCUT2D eigenvalue weighted by Crippen LogP contribution is -2.33. The number of hydrogen-bond donors (Lipinski definition) is 4. The van der Waals surface area contributed by atoms with Crippen molar-refractivity contribution in [2.45, 2.75) is 33.8 Å². The van der Waals surface area contributed by atoms with E-state index in [1.165, 1.54) is 0 Å². The maximum absolute atomic E-state index is 11.9. The van der Waals surface area contributed by atoms with E-state index in [0.717, 1.165) is 35.5 Å². The second-order valence-corrected chi connectivity index (χ2v) is 6.94. The van der Waals surface area contributed by atoms with Crippen LogP contribution in [0.2, 0.25) is 0 Å². The van der Waals surface area contributed by atoms with E-state index < -0.39 is 6.10 Å². The molecule has 0 aliphatic heterocycles. The summed E-state index contributed by atoms with van der Waals surface area (Å²) in [6, 6.07) is 12.7. The van der Waals surface area contributed by atoms with Crippen molar-refractivity contribution in [2.24, 2.45) is 0 Å². The Kier molecular flexibility index (Phi) is 13.8. The van der Waals surface area contributed by atoms with Crippen LogP contribution >= 0.6 is 12.4 Å². The number of anilines is 1. The van der Waals surface area contributed by atoms with E-state index in [-0.39, 0.29) is 24.1 Å². The first-order valence-corrected chi connectivity index (χ1v) is 10.0. The van der Waals surface area contributed by atoms with Crippen molar-refractivity contribution in [1.82, 2.24) is 10.2 Å². The predicted molar refractivity (Wildman–Crippen MR) is 127 cm³/mol. The molecule has 1 atom stereocenters. The number of aromatic hydroxyl groups is 1. The van der Waals surface area contributed by atoms with Gasteiger partial charge in [-0.2, -0.15) is 0 Å². The number of phenols is 1. The number of aliphatic hydroxyl groups is 1. The number of nitrogens with one attached hydrogen (secondary N) is 2. The van der Waals surface area contributed by atoms with E-state index in [1.807, 2.05) is 32.0 Å². The normalized spacial score (nSPS) is 11.2. The predicted octanol–water partition coefficient (Wildman–Crippen LogP) is 3.65. The van der Waals surface area contributed by atoms with Gasteiger partial charge in [-0.1, -0.05) is 44.2 Å². The Hall–Kier alpha value is -2.12. The first-order valence-electron chi connectivity index (χ1n) is 10.0. The summed E-state index contributed by atoms with van der Waals surface area (Å²) >= 11 is 0. The fraction of sp³-hybridized carbons (Fsp3) is 0.435. The molecule has 0 radical (unpaired) electrons. The average Bonchev–Trinajstić information content (AvgIpc) is 2.70. The first-order chi connectivity index (χ1) is 13.8. The van der Waals surface area contributed by atoms with E-state index in [1.54, 1.807) is 31.3 Å². The van der Waals surface area contributed by atoms with Crippen LogP contribution in [0.25, 0.3) is 0 Å². The fourth-order valence-corrected chi connectivity index (χ4v) is 2.88. The maximum Gasteiger partial charge on any atom is 0.238 e. The number of benzene rings is 2. The molecule has 0 fully saturated rings. The molecule has 0 heterocycles. The van der Waals surface area contributed by atoms with Gasteiger partial charge in [0.25, 0.3) is 0 Å². The van der Waals surface area contributed by atoms with Crippen LogP contribution < -0.4 is 10.6 Å². The molecule has 0 saturated carbocycles. The van der Waals surface area contributed by atoms with Crippen LogP contribution in [-0.4, -0.2) is 54.2 Å². The standard InChI is InChI=1S/C14H22N2O.C9H13NO2.ClH/c1-5-16(6-2)10-13(17)15-14-11(3)8-7-9-12(14)4;1-10-6-9(12)7-3-2-4-8(11)5-7;/h7-9H,5-6,10H2,1-4H3,(H,15,17);2-5,9-12H,6H2,1H3;1H/t;9-;/m.0./s1. The van der Waals surface area contributed by atoms with Crippen molar-refractivity contribution in [1.29, 1.82) is 0 Å². The number of likely N-dealkylation sites (N-methyl/N-ethyl adjacent to an activating group) is 2. The minimum atomic E-state index is -0.554. The molecule has 0 aliphatic carbocycles. The molecule has 168 valence electrons. The van der Waals surface area contributed by atoms with Gasteiger partial charge in [-0.3, -0.25) is 9.69 Å². The number of amides is 1. The third kappa shape index (κ3) is 9.59. The van der Waals surface area contributed by atoms with Crippen LogP contribution in [0.15, 0.2) is 42.5 Å². The quantitative estimate of drug-likeness (QED) is 0.506. The van der Waals surface area contributed by atoms with Gasteiger partial charge in [-0.05, 0) is 62.8 Å². The lowest BCUT2D eigenvalue weighted by atomic mass is 10.1. The Morgan fingerprint density at radius 3 is 2.13 bits per heavy atom. The molecule has 2 rings (SSSR count). The van der Waals surface area contributed by atoms with Gasteiger partial charge in [0.2, 0.25) is 5.91 Å². The number of hydrogen-bond acceptors (Lipinski definition) is 5. The Labute approximate surface area is 186 Å². The molecular weight excluding hydrogens is 402 g/mol. The molecule has 6 nitrogen and oxygen atoms in total. The van der Waals surface area contributed by atoms with Crippen molar-refractivity contribution in [3.63, 3.8) is 0 Å². The van der Waals surface area contributed by atoms with Crippen molar-refractivity contribution in [3.8, 4) is 5.75 Å². The molecule has 7 heteroatoms. The van der Waals surface area contributed by atoms with E-state index >= 15 is 0 Å². The Morgan fingerprint density at radius 2 is 1.63 bits per heavy atom. The van der Waals surface area contributed by atoms with E-state index in [0.29, 0.717) is 13.1 Å². The van der Waals surface area contributed by atoms with Gasteiger partial charge in [-0.15, -0.1) is 12.4 Å². The Bertz CT molecular complexity index is 747. The summed E-state index contributed by atoms with van der Waals surface area (Å²) in [5.74, 6) is 0.244. The smallest absolute Gasteiger partial charge is 0.238 e. The summed E-state index contributed by atoms with van der Waals surface area (Å²) in [5.41, 5.74) is 3.89. The van der Waals surface area contributed by atoms with Gasteiger partial charge in [0.05, 0.1) is 12.6 Å². The highest BCUT2D eigenvalue weighted by Crippen LogP contribution is 2.19. The summed E-state index contributed by atoms with van der Waals surface area (Å²) in [5, 5.41) is 24.4. The molecule has 2 aromatic rings. The van der Waals surface area contributed by atoms with Crippen LogP contribution in [0.5, 0.6) is 5.75 Å². The average molecular weight is 438 g/mol. The zero-order chi connectivity index (χ0) is 21.8. The molecule has 1 amide bonds. The topological polar surface area (TPSA) is 84.8 Å². The third-order valence-electron chi connectivity index (χ3n) is 4.66. The van der Waals surface area contributed by atoms with Crippen LogP contribution in [0, 0.1) is 13.8 Å². The molecule has 0 bridgehead atoms. The van der Waals surface area contributed by atoms with Gasteiger partial charge >= 0.3 is 0 Å². The fourth-order valence-electron chi connectivity index (χ4n) is 2.88. The van der Waals surface area contributed by atoms with Gasteiger partial charge in [0.15, 0.2) is 0 Å². The van der Waals surface area contributed by atoms with Gasteiger partial charge in [-0.25, -0.2) is 0 Å². The van der Waals surface area contributed by atoms with E-state index in [4.69, 9.17) is 5.11 Å². The molecule has 0 saturated heterocycles. The Morgan fingerprint density at radius 1 is 1.07 bits per heavy atom. The first kappa shape index (κ1) is 27.9. The lowest BCUT2D eigenvalue weighted by Gasteiger charge is -2.18. The SMILES string of the molecule is CCN(CC)CC(=O)Nc1c(C)cccc1C.CNC[C@H](O)c1cccc(O)c1.Cl. The highest BCUT2D eigenvalue weighted by atomic mass is 35.5. The number of halogens is 1. The zero-order valence-corrected chi connectivity index (χ0v) is 19.4. The minimum absolute atomic E-state index is 0. The second kappa shape index (κ2) is 14.8. The monoisotopic (exact) mass is 437 g/mol. The molecular formula is C23H36ClN3O3. The van der Waals surface area contributed by atoms with Crippen LogP contribution in [0.1, 0.15) is 36.6 Å². The van der Waals surface area contributed by atoms with Gasteiger partial charge in [0, 0.05) is 12.2 Å². The highest BCUT2D eigenvalue weighted by Gasteiger charge is 2.10. The summed E-state index contributed by atoms with van der Waals surface area (Å²) < 4.78 is 0. The summed E-state index contributed by atoms with van der Waals surface area (Å²) in [4.78, 5) is 14.0. The number of carbonyl (C=O) groups is 1. The third-order valence-corrected chi connectivity index (χ3v) is 4.66. The highest BCUT2D eigenvalue weighted by molar-refractivity contribution is 5.93. The number of para-hydroxylation sites is 1. The maximum atomic E-state index is 11.9. The van der Waals surface area contributed by atoms with Crippen molar-refractivity contribution in [2.75, 3.05) is 38.5 Å². The molecule has 30 heavy (non-hydrogen) atoms. The van der Waals surface area contributed by atoms with Gasteiger partial charge in [0.1, 0.15) is 5.75 Å². The molecule has 0 aliphatic rings. The van der Waals surface area contributed by atoms with Crippen molar-refractivity contribution >= 4 is 24.0 Å². The number of rotatable bonds is 8. The van der Waals surface area contributed by atoms with Crippen LogP contribution in [0.3, 0.4) is 0 Å². The zero-order valence-electron chi connectivity index (χ0n) is 18.6. The van der Waals surface area contributed by atoms with E-state index in [2.05, 4.69) is 29.4 Å². The number of aliphatic hydroxyl groups excluding tert-OH is 1. The number of nitrogens with zero attached hydrogens (tertiary/aromatic N) is 1. The molecule has 0 aromatic heterocycles. The van der Waals surface area contributed by atoms with Gasteiger partial charge < -0.3 is 20.8 Å². The summed E-state index contributed by atoms with van der Waals surface area (Å²) in [6.07, 6.45) is -0.554. The minimum Gasteiger partial charge on any atom is -0.508 e. The van der Waals surface area contributed by atoms with Crippen LogP contribution in [0.4, 0.5) is 5.69 Å².